The molecule has 0 saturated heterocycles. The highest BCUT2D eigenvalue weighted by atomic mass is 31.0. The fourth-order valence-corrected chi connectivity index (χ4v) is 2.24. The van der Waals surface area contributed by atoms with E-state index in [0.29, 0.717) is 16.6 Å². The Hall–Kier alpha value is -1.58. The van der Waals surface area contributed by atoms with Crippen LogP contribution in [-0.2, 0) is 0 Å². The average Bonchev–Trinajstić information content (AvgIpc) is 2.20. The number of aryl methyl sites for hydroxylation is 1. The van der Waals surface area contributed by atoms with E-state index in [4.69, 9.17) is 12.2 Å². The number of hydrogen-bond acceptors (Lipinski definition) is 1. The van der Waals surface area contributed by atoms with Gasteiger partial charge in [0.2, 0.25) is 0 Å². The van der Waals surface area contributed by atoms with Crippen LogP contribution in [0.15, 0.2) is 18.2 Å². The molecule has 0 saturated carbocycles. The molecule has 0 heterocycles. The molecule has 1 atom stereocenters. The summed E-state index contributed by atoms with van der Waals surface area (Å²) in [6.07, 6.45) is 5.36. The fraction of sp³-hybridized carbons (Fsp3) is 0.0769. The summed E-state index contributed by atoms with van der Waals surface area (Å²) in [4.78, 5) is 0. The number of anilines is 1. The van der Waals surface area contributed by atoms with Crippen molar-refractivity contribution >= 4 is 31.0 Å². The first kappa shape index (κ1) is 10.9. The highest BCUT2D eigenvalue weighted by molar-refractivity contribution is 7.27. The van der Waals surface area contributed by atoms with Crippen molar-refractivity contribution in [1.82, 2.24) is 0 Å². The van der Waals surface area contributed by atoms with Gasteiger partial charge in [0.05, 0.1) is 5.56 Å². The van der Waals surface area contributed by atoms with Crippen LogP contribution in [0.3, 0.4) is 0 Å². The highest BCUT2D eigenvalue weighted by Gasteiger charge is 2.11. The van der Waals surface area contributed by atoms with Gasteiger partial charge in [-0.25, -0.2) is 4.39 Å². The second-order valence-corrected chi connectivity index (χ2v) is 4.36. The zero-order chi connectivity index (χ0) is 11.9. The number of nitrogens with two attached hydrogens (primary N) is 1. The molecule has 3 heteroatoms. The number of fused-ring (bicyclic) bond motifs is 1. The molecular weight excluding hydrogens is 220 g/mol. The lowest BCUT2D eigenvalue weighted by atomic mass is 9.99. The van der Waals surface area contributed by atoms with Gasteiger partial charge in [-0.3, -0.25) is 0 Å². The molecule has 0 aliphatic heterocycles. The summed E-state index contributed by atoms with van der Waals surface area (Å²) in [7, 11) is 2.34. The van der Waals surface area contributed by atoms with Gasteiger partial charge in [-0.15, -0.1) is 15.7 Å². The van der Waals surface area contributed by atoms with E-state index in [-0.39, 0.29) is 5.82 Å². The predicted molar refractivity (Wildman–Crippen MR) is 70.3 cm³/mol. The van der Waals surface area contributed by atoms with Gasteiger partial charge in [0.15, 0.2) is 0 Å². The summed E-state index contributed by atoms with van der Waals surface area (Å²) < 4.78 is 13.8. The van der Waals surface area contributed by atoms with Crippen molar-refractivity contribution in [3.63, 3.8) is 0 Å². The Morgan fingerprint density at radius 3 is 2.69 bits per heavy atom. The molecule has 1 unspecified atom stereocenters. The van der Waals surface area contributed by atoms with Gasteiger partial charge in [0.25, 0.3) is 0 Å². The molecule has 80 valence electrons. The van der Waals surface area contributed by atoms with E-state index in [9.17, 15) is 4.39 Å². The maximum absolute atomic E-state index is 13.8. The molecule has 0 aromatic heterocycles. The van der Waals surface area contributed by atoms with Crippen LogP contribution >= 0.6 is 9.24 Å². The van der Waals surface area contributed by atoms with E-state index >= 15 is 0 Å². The number of benzene rings is 2. The van der Waals surface area contributed by atoms with Gasteiger partial charge in [0, 0.05) is 16.4 Å². The summed E-state index contributed by atoms with van der Waals surface area (Å²) in [5, 5.41) is 2.10. The van der Waals surface area contributed by atoms with Crippen molar-refractivity contribution < 1.29 is 4.39 Å². The molecule has 0 aliphatic rings. The first-order valence-corrected chi connectivity index (χ1v) is 5.36. The van der Waals surface area contributed by atoms with Crippen LogP contribution in [0.1, 0.15) is 11.1 Å². The Morgan fingerprint density at radius 1 is 1.38 bits per heavy atom. The minimum Gasteiger partial charge on any atom is -0.399 e. The summed E-state index contributed by atoms with van der Waals surface area (Å²) in [6.45, 7) is 1.88. The third kappa shape index (κ3) is 1.54. The van der Waals surface area contributed by atoms with Gasteiger partial charge in [-0.05, 0) is 36.1 Å². The van der Waals surface area contributed by atoms with Crippen molar-refractivity contribution in [1.29, 1.82) is 0 Å². The Balaban J connectivity index is 3.04. The summed E-state index contributed by atoms with van der Waals surface area (Å²) >= 11 is 0. The fourth-order valence-electron chi connectivity index (χ4n) is 1.92. The van der Waals surface area contributed by atoms with Crippen molar-refractivity contribution in [2.24, 2.45) is 0 Å². The van der Waals surface area contributed by atoms with E-state index in [1.54, 1.807) is 18.2 Å². The van der Waals surface area contributed by atoms with Gasteiger partial charge in [-0.2, -0.15) is 0 Å². The third-order valence-corrected chi connectivity index (χ3v) is 2.99. The largest absolute Gasteiger partial charge is 0.399 e. The highest BCUT2D eigenvalue weighted by Crippen LogP contribution is 2.26. The first-order valence-electron chi connectivity index (χ1n) is 4.79. The van der Waals surface area contributed by atoms with Gasteiger partial charge in [-0.1, -0.05) is 5.92 Å². The lowest BCUT2D eigenvalue weighted by Gasteiger charge is -2.09. The van der Waals surface area contributed by atoms with Crippen LogP contribution in [0.4, 0.5) is 10.1 Å². The Kier molecular flexibility index (Phi) is 2.58. The van der Waals surface area contributed by atoms with Crippen molar-refractivity contribution in [3.8, 4) is 12.3 Å². The Morgan fingerprint density at radius 2 is 2.06 bits per heavy atom. The van der Waals surface area contributed by atoms with E-state index in [0.717, 1.165) is 16.3 Å². The SMILES string of the molecule is C#Cc1c(F)c(P)cc2cc(N)cc(C)c12. The van der Waals surface area contributed by atoms with Crippen LogP contribution in [0, 0.1) is 25.1 Å². The zero-order valence-electron chi connectivity index (χ0n) is 8.84. The standard InChI is InChI=1S/C13H11FNP/c1-3-10-12-7(2)4-9(15)5-8(12)6-11(16)13(10)14/h1,4-6H,15-16H2,2H3. The lowest BCUT2D eigenvalue weighted by Crippen LogP contribution is -2.04. The average molecular weight is 231 g/mol. The molecule has 0 fully saturated rings. The molecular formula is C13H11FNP. The maximum Gasteiger partial charge on any atom is 0.146 e. The summed E-state index contributed by atoms with van der Waals surface area (Å²) in [5.74, 6) is 2.06. The Bertz CT molecular complexity index is 626. The van der Waals surface area contributed by atoms with E-state index in [1.807, 2.05) is 6.92 Å². The molecule has 16 heavy (non-hydrogen) atoms. The predicted octanol–water partition coefficient (Wildman–Crippen LogP) is 2.35. The monoisotopic (exact) mass is 231 g/mol. The molecule has 0 spiro atoms. The topological polar surface area (TPSA) is 26.0 Å². The number of nitrogen functional groups attached to an aromatic ring is 1. The number of terminal acetylenes is 1. The van der Waals surface area contributed by atoms with Crippen LogP contribution in [0.25, 0.3) is 10.8 Å². The molecule has 2 aromatic carbocycles. The maximum atomic E-state index is 13.8. The number of hydrogen-bond donors (Lipinski definition) is 1. The number of rotatable bonds is 0. The van der Waals surface area contributed by atoms with Crippen molar-refractivity contribution in [2.75, 3.05) is 5.73 Å². The smallest absolute Gasteiger partial charge is 0.146 e. The molecule has 2 aromatic rings. The van der Waals surface area contributed by atoms with Crippen LogP contribution < -0.4 is 11.0 Å². The second kappa shape index (κ2) is 3.77. The Labute approximate surface area is 96.0 Å². The quantitative estimate of drug-likeness (QED) is 0.420. The first-order chi connectivity index (χ1) is 7.54. The number of halogens is 1. The molecule has 2 N–H and O–H groups in total. The van der Waals surface area contributed by atoms with Gasteiger partial charge >= 0.3 is 0 Å². The van der Waals surface area contributed by atoms with E-state index in [1.165, 1.54) is 0 Å². The molecule has 2 rings (SSSR count). The second-order valence-electron chi connectivity index (χ2n) is 3.74. The summed E-state index contributed by atoms with van der Waals surface area (Å²) in [6, 6.07) is 5.33. The summed E-state index contributed by atoms with van der Waals surface area (Å²) in [5.41, 5.74) is 7.61. The van der Waals surface area contributed by atoms with E-state index in [2.05, 4.69) is 15.2 Å². The van der Waals surface area contributed by atoms with Gasteiger partial charge < -0.3 is 5.73 Å². The molecule has 0 bridgehead atoms. The normalized spacial score (nSPS) is 10.4. The third-order valence-electron chi connectivity index (χ3n) is 2.57. The lowest BCUT2D eigenvalue weighted by molar-refractivity contribution is 0.635. The van der Waals surface area contributed by atoms with Crippen LogP contribution in [-0.4, -0.2) is 0 Å². The molecule has 0 aliphatic carbocycles. The van der Waals surface area contributed by atoms with E-state index < -0.39 is 0 Å². The van der Waals surface area contributed by atoms with Gasteiger partial charge in [0.1, 0.15) is 5.82 Å². The van der Waals surface area contributed by atoms with Crippen molar-refractivity contribution in [3.05, 3.63) is 35.1 Å². The molecule has 0 amide bonds. The van der Waals surface area contributed by atoms with Crippen molar-refractivity contribution in [2.45, 2.75) is 6.92 Å². The molecule has 1 nitrogen and oxygen atoms in total. The van der Waals surface area contributed by atoms with Crippen LogP contribution in [0.5, 0.6) is 0 Å². The zero-order valence-corrected chi connectivity index (χ0v) is 10.00. The van der Waals surface area contributed by atoms with Crippen LogP contribution in [0.2, 0.25) is 0 Å². The minimum atomic E-state index is -0.354. The minimum absolute atomic E-state index is 0.306. The molecule has 0 radical (unpaired) electrons.